The average Bonchev–Trinajstić information content (AvgIpc) is 3.04. The second kappa shape index (κ2) is 9.46. The minimum absolute atomic E-state index is 0.114. The summed E-state index contributed by atoms with van der Waals surface area (Å²) in [5.41, 5.74) is 2.07. The summed E-state index contributed by atoms with van der Waals surface area (Å²) in [6, 6.07) is 19.2. The Kier molecular flexibility index (Phi) is 6.48. The third kappa shape index (κ3) is 4.63. The lowest BCUT2D eigenvalue weighted by molar-refractivity contribution is 0.415. The topological polar surface area (TPSA) is 71.1 Å². The van der Waals surface area contributed by atoms with Crippen molar-refractivity contribution in [1.82, 2.24) is 4.57 Å². The highest BCUT2D eigenvalue weighted by molar-refractivity contribution is 9.10. The Labute approximate surface area is 197 Å². The van der Waals surface area contributed by atoms with Crippen LogP contribution in [0.1, 0.15) is 5.56 Å². The minimum atomic E-state index is -0.349. The van der Waals surface area contributed by atoms with Gasteiger partial charge in [-0.15, -0.1) is 10.2 Å². The van der Waals surface area contributed by atoms with Crippen molar-refractivity contribution in [2.75, 3.05) is 12.4 Å². The van der Waals surface area contributed by atoms with Gasteiger partial charge >= 0.3 is 0 Å². The molecule has 0 saturated heterocycles. The predicted molar refractivity (Wildman–Crippen MR) is 131 cm³/mol. The first-order valence-corrected chi connectivity index (χ1v) is 10.8. The number of hydrogen-bond acceptors (Lipinski definition) is 4. The molecule has 0 radical (unpaired) electrons. The molecule has 0 saturated carbocycles. The van der Waals surface area contributed by atoms with Crippen molar-refractivity contribution < 1.29 is 14.2 Å². The zero-order chi connectivity index (χ0) is 22.7. The molecule has 6 nitrogen and oxygen atoms in total. The molecule has 3 aromatic carbocycles. The number of nitrogens with one attached hydrogen (secondary N) is 1. The number of rotatable bonds is 5. The molecule has 0 unspecified atom stereocenters. The number of halogens is 2. The first-order chi connectivity index (χ1) is 15.5. The van der Waals surface area contributed by atoms with E-state index in [-0.39, 0.29) is 29.0 Å². The molecule has 0 amide bonds. The smallest absolute Gasteiger partial charge is 0.221 e. The lowest BCUT2D eigenvalue weighted by atomic mass is 10.2. The summed E-state index contributed by atoms with van der Waals surface area (Å²) < 4.78 is 21.8. The minimum Gasteiger partial charge on any atom is -0.497 e. The molecule has 0 aliphatic rings. The van der Waals surface area contributed by atoms with Gasteiger partial charge in [0.1, 0.15) is 11.6 Å². The van der Waals surface area contributed by atoms with Gasteiger partial charge in [0.2, 0.25) is 11.0 Å². The van der Waals surface area contributed by atoms with E-state index in [2.05, 4.69) is 31.5 Å². The lowest BCUT2D eigenvalue weighted by Gasteiger charge is -2.08. The number of nitrogens with zero attached hydrogens (tertiary/aromatic N) is 3. The van der Waals surface area contributed by atoms with Crippen LogP contribution in [-0.4, -0.2) is 21.9 Å². The molecule has 0 atom stereocenters. The van der Waals surface area contributed by atoms with E-state index < -0.39 is 0 Å². The van der Waals surface area contributed by atoms with Gasteiger partial charge in [0.25, 0.3) is 0 Å². The van der Waals surface area contributed by atoms with Crippen molar-refractivity contribution in [3.05, 3.63) is 82.6 Å². The van der Waals surface area contributed by atoms with Crippen LogP contribution < -0.4 is 10.1 Å². The van der Waals surface area contributed by atoms with E-state index in [1.54, 1.807) is 35.9 Å². The van der Waals surface area contributed by atoms with E-state index in [1.807, 2.05) is 36.4 Å². The molecule has 0 aliphatic heterocycles. The fraction of sp³-hybridized carbons (Fsp3) is 0.0870. The van der Waals surface area contributed by atoms with Crippen molar-refractivity contribution in [2.45, 2.75) is 6.54 Å². The van der Waals surface area contributed by atoms with Gasteiger partial charge in [0.15, 0.2) is 5.69 Å². The van der Waals surface area contributed by atoms with Crippen LogP contribution >= 0.6 is 28.1 Å². The van der Waals surface area contributed by atoms with Crippen LogP contribution in [0.5, 0.6) is 11.6 Å². The summed E-state index contributed by atoms with van der Waals surface area (Å²) in [7, 11) is 1.58. The number of thiocarbonyl (C=S) groups is 1. The number of azo groups is 1. The van der Waals surface area contributed by atoms with E-state index in [1.165, 1.54) is 6.07 Å². The largest absolute Gasteiger partial charge is 0.497 e. The van der Waals surface area contributed by atoms with Crippen molar-refractivity contribution in [1.29, 1.82) is 0 Å². The molecule has 0 fully saturated rings. The molecule has 2 N–H and O–H groups in total. The fourth-order valence-electron chi connectivity index (χ4n) is 3.30. The number of benzene rings is 3. The molecule has 4 rings (SSSR count). The van der Waals surface area contributed by atoms with Gasteiger partial charge in [-0.05, 0) is 48.6 Å². The van der Waals surface area contributed by atoms with E-state index >= 15 is 0 Å². The maximum atomic E-state index is 14.2. The highest BCUT2D eigenvalue weighted by Gasteiger charge is 2.18. The zero-order valence-electron chi connectivity index (χ0n) is 16.9. The van der Waals surface area contributed by atoms with E-state index in [9.17, 15) is 9.50 Å². The molecule has 0 aliphatic carbocycles. The number of ether oxygens (including phenoxy) is 1. The van der Waals surface area contributed by atoms with Gasteiger partial charge < -0.3 is 19.7 Å². The molecule has 9 heteroatoms. The van der Waals surface area contributed by atoms with Crippen molar-refractivity contribution >= 4 is 55.5 Å². The first-order valence-electron chi connectivity index (χ1n) is 9.57. The van der Waals surface area contributed by atoms with Crippen LogP contribution in [0.2, 0.25) is 0 Å². The quantitative estimate of drug-likeness (QED) is 0.228. The second-order valence-corrected chi connectivity index (χ2v) is 8.18. The Hall–Kier alpha value is -3.30. The summed E-state index contributed by atoms with van der Waals surface area (Å²) in [5, 5.41) is 22.9. The third-order valence-electron chi connectivity index (χ3n) is 4.82. The average molecular weight is 513 g/mol. The van der Waals surface area contributed by atoms with Crippen LogP contribution in [0.15, 0.2) is 81.4 Å². The third-order valence-corrected chi connectivity index (χ3v) is 5.50. The monoisotopic (exact) mass is 512 g/mol. The number of aromatic nitrogens is 1. The Bertz CT molecular complexity index is 1340. The van der Waals surface area contributed by atoms with Gasteiger partial charge in [-0.25, -0.2) is 4.39 Å². The van der Waals surface area contributed by atoms with Crippen LogP contribution in [0.25, 0.3) is 10.9 Å². The predicted octanol–water partition coefficient (Wildman–Crippen LogP) is 6.79. The van der Waals surface area contributed by atoms with Crippen LogP contribution in [0.4, 0.5) is 15.8 Å². The molecule has 0 bridgehead atoms. The Morgan fingerprint density at radius 2 is 1.97 bits per heavy atom. The van der Waals surface area contributed by atoms with Gasteiger partial charge in [0.05, 0.1) is 19.2 Å². The van der Waals surface area contributed by atoms with Crippen LogP contribution in [0.3, 0.4) is 0 Å². The maximum absolute atomic E-state index is 14.2. The SMILES string of the molecule is COc1cccc(NC(=S)N=Nc2c(O)n(Cc3ccccc3F)c3ccc(Br)cc23)c1. The molecule has 32 heavy (non-hydrogen) atoms. The van der Waals surface area contributed by atoms with E-state index in [4.69, 9.17) is 17.0 Å². The number of fused-ring (bicyclic) bond motifs is 1. The summed E-state index contributed by atoms with van der Waals surface area (Å²) >= 11 is 8.72. The molecule has 1 heterocycles. The van der Waals surface area contributed by atoms with Gasteiger partial charge in [-0.3, -0.25) is 0 Å². The van der Waals surface area contributed by atoms with Crippen molar-refractivity contribution in [2.24, 2.45) is 10.2 Å². The fourth-order valence-corrected chi connectivity index (χ4v) is 3.82. The van der Waals surface area contributed by atoms with Gasteiger partial charge in [-0.2, -0.15) is 0 Å². The molecular weight excluding hydrogens is 495 g/mol. The number of aromatic hydroxyl groups is 1. The maximum Gasteiger partial charge on any atom is 0.221 e. The Morgan fingerprint density at radius 3 is 2.75 bits per heavy atom. The molecule has 0 spiro atoms. The first kappa shape index (κ1) is 21.9. The summed E-state index contributed by atoms with van der Waals surface area (Å²) in [5.74, 6) is 0.195. The number of anilines is 1. The summed E-state index contributed by atoms with van der Waals surface area (Å²) in [6.45, 7) is 0.138. The van der Waals surface area contributed by atoms with Crippen LogP contribution in [-0.2, 0) is 6.54 Å². The normalized spacial score (nSPS) is 11.2. The van der Waals surface area contributed by atoms with Crippen LogP contribution in [0, 0.1) is 5.82 Å². The molecular formula is C23H18BrFN4O2S. The lowest BCUT2D eigenvalue weighted by Crippen LogP contribution is -2.04. The Morgan fingerprint density at radius 1 is 1.16 bits per heavy atom. The van der Waals surface area contributed by atoms with E-state index in [0.717, 1.165) is 4.47 Å². The number of methoxy groups -OCH3 is 1. The van der Waals surface area contributed by atoms with E-state index in [0.29, 0.717) is 27.9 Å². The van der Waals surface area contributed by atoms with Crippen molar-refractivity contribution in [3.8, 4) is 11.6 Å². The number of hydrogen-bond donors (Lipinski definition) is 2. The van der Waals surface area contributed by atoms with Gasteiger partial charge in [-0.1, -0.05) is 40.2 Å². The molecule has 162 valence electrons. The summed E-state index contributed by atoms with van der Waals surface area (Å²) in [6.07, 6.45) is 0. The Balaban J connectivity index is 1.67. The molecule has 1 aromatic heterocycles. The summed E-state index contributed by atoms with van der Waals surface area (Å²) in [4.78, 5) is 0. The second-order valence-electron chi connectivity index (χ2n) is 6.87. The van der Waals surface area contributed by atoms with Gasteiger partial charge in [0, 0.05) is 27.2 Å². The highest BCUT2D eigenvalue weighted by Crippen LogP contribution is 2.40. The highest BCUT2D eigenvalue weighted by atomic mass is 79.9. The standard InChI is InChI=1S/C23H18BrFN4O2S/c1-31-17-7-4-6-16(12-17)26-23(32)28-27-21-18-11-15(24)9-10-20(18)29(22(21)30)13-14-5-2-3-8-19(14)25/h2-12,30H,13H2,1H3,(H,26,32). The molecule has 4 aromatic rings. The van der Waals surface area contributed by atoms with Crippen molar-refractivity contribution in [3.63, 3.8) is 0 Å². The zero-order valence-corrected chi connectivity index (χ0v) is 19.3.